The normalized spacial score (nSPS) is 23.1. The lowest BCUT2D eigenvalue weighted by Gasteiger charge is -2.20. The van der Waals surface area contributed by atoms with Gasteiger partial charge in [-0.3, -0.25) is 4.79 Å². The fraction of sp³-hybridized carbons (Fsp3) is 0.562. The number of ether oxygens (including phenoxy) is 1. The summed E-state index contributed by atoms with van der Waals surface area (Å²) in [6.07, 6.45) is 2.08. The first kappa shape index (κ1) is 13.4. The van der Waals surface area contributed by atoms with E-state index >= 15 is 0 Å². The predicted molar refractivity (Wildman–Crippen MR) is 78.6 cm³/mol. The number of carbonyl (C=O) groups is 1. The Balaban J connectivity index is 1.80. The van der Waals surface area contributed by atoms with Crippen molar-refractivity contribution in [2.75, 3.05) is 24.7 Å². The smallest absolute Gasteiger partial charge is 0.258 e. The molecule has 3 rings (SSSR count). The van der Waals surface area contributed by atoms with Gasteiger partial charge in [-0.15, -0.1) is 0 Å². The van der Waals surface area contributed by atoms with Crippen LogP contribution >= 0.6 is 0 Å². The number of benzene rings is 1. The van der Waals surface area contributed by atoms with E-state index in [2.05, 4.69) is 17.0 Å². The van der Waals surface area contributed by atoms with Gasteiger partial charge in [-0.1, -0.05) is 12.1 Å². The lowest BCUT2D eigenvalue weighted by molar-refractivity contribution is -0.131. The molecule has 0 aliphatic carbocycles. The molecule has 2 saturated heterocycles. The lowest BCUT2D eigenvalue weighted by Crippen LogP contribution is -2.33. The molecule has 0 bridgehead atoms. The highest BCUT2D eigenvalue weighted by atomic mass is 16.5. The minimum atomic E-state index is -0.431. The summed E-state index contributed by atoms with van der Waals surface area (Å²) in [6, 6.07) is 8.43. The number of nitrogens with zero attached hydrogens (tertiary/aromatic N) is 2. The Morgan fingerprint density at radius 3 is 2.65 bits per heavy atom. The Hall–Kier alpha value is -1.55. The highest BCUT2D eigenvalue weighted by Gasteiger charge is 2.35. The van der Waals surface area contributed by atoms with Gasteiger partial charge in [0.1, 0.15) is 6.73 Å². The Morgan fingerprint density at radius 2 is 2.00 bits per heavy atom. The molecule has 4 nitrogen and oxygen atoms in total. The topological polar surface area (TPSA) is 32.8 Å². The molecule has 2 heterocycles. The van der Waals surface area contributed by atoms with E-state index in [1.807, 2.05) is 26.0 Å². The van der Waals surface area contributed by atoms with Gasteiger partial charge < -0.3 is 14.5 Å². The molecule has 1 unspecified atom stereocenters. The average molecular weight is 274 g/mol. The minimum Gasteiger partial charge on any atom is -0.372 e. The van der Waals surface area contributed by atoms with Gasteiger partial charge in [-0.25, -0.2) is 0 Å². The molecule has 1 aromatic rings. The van der Waals surface area contributed by atoms with Crippen LogP contribution in [0.3, 0.4) is 0 Å². The van der Waals surface area contributed by atoms with Crippen LogP contribution in [-0.2, 0) is 9.53 Å². The third kappa shape index (κ3) is 2.40. The summed E-state index contributed by atoms with van der Waals surface area (Å²) in [5.74, 6) is 0.0820. The van der Waals surface area contributed by atoms with Crippen molar-refractivity contribution in [2.24, 2.45) is 0 Å². The molecule has 1 atom stereocenters. The summed E-state index contributed by atoms with van der Waals surface area (Å²) in [4.78, 5) is 16.5. The minimum absolute atomic E-state index is 0.0820. The Morgan fingerprint density at radius 1 is 1.25 bits per heavy atom. The van der Waals surface area contributed by atoms with Crippen molar-refractivity contribution in [1.82, 2.24) is 4.90 Å². The van der Waals surface area contributed by atoms with Crippen LogP contribution in [0.5, 0.6) is 0 Å². The van der Waals surface area contributed by atoms with Crippen molar-refractivity contribution in [2.45, 2.75) is 38.8 Å². The highest BCUT2D eigenvalue weighted by Crippen LogP contribution is 2.30. The Kier molecular flexibility index (Phi) is 3.66. The van der Waals surface area contributed by atoms with Crippen LogP contribution < -0.4 is 4.90 Å². The summed E-state index contributed by atoms with van der Waals surface area (Å²) in [5.41, 5.74) is 2.18. The number of amides is 1. The van der Waals surface area contributed by atoms with Crippen molar-refractivity contribution < 1.29 is 9.53 Å². The average Bonchev–Trinajstić information content (AvgIpc) is 3.08. The Labute approximate surface area is 120 Å². The molecule has 0 saturated carbocycles. The predicted octanol–water partition coefficient (Wildman–Crippen LogP) is 2.55. The van der Waals surface area contributed by atoms with E-state index in [0.29, 0.717) is 6.73 Å². The van der Waals surface area contributed by atoms with E-state index in [-0.39, 0.29) is 11.9 Å². The van der Waals surface area contributed by atoms with Crippen LogP contribution in [0.4, 0.5) is 5.69 Å². The van der Waals surface area contributed by atoms with Crippen LogP contribution in [0.2, 0.25) is 0 Å². The number of anilines is 1. The molecule has 0 N–H and O–H groups in total. The maximum absolute atomic E-state index is 12.4. The second-order valence-electron chi connectivity index (χ2n) is 5.87. The molecular formula is C16H22N2O2. The maximum Gasteiger partial charge on any atom is 0.258 e. The second-order valence-corrected chi connectivity index (χ2v) is 5.87. The number of rotatable bonds is 3. The highest BCUT2D eigenvalue weighted by molar-refractivity contribution is 5.84. The summed E-state index contributed by atoms with van der Waals surface area (Å²) >= 11 is 0. The summed E-state index contributed by atoms with van der Waals surface area (Å²) in [6.45, 7) is 6.66. The van der Waals surface area contributed by atoms with Crippen molar-refractivity contribution in [3.8, 4) is 0 Å². The lowest BCUT2D eigenvalue weighted by atomic mass is 10.1. The number of carbonyl (C=O) groups excluding carboxylic acids is 1. The van der Waals surface area contributed by atoms with Crippen molar-refractivity contribution >= 4 is 11.6 Å². The largest absolute Gasteiger partial charge is 0.372 e. The number of hydrogen-bond donors (Lipinski definition) is 0. The van der Waals surface area contributed by atoms with E-state index in [1.165, 1.54) is 18.5 Å². The summed E-state index contributed by atoms with van der Waals surface area (Å²) in [7, 11) is 0. The van der Waals surface area contributed by atoms with E-state index in [4.69, 9.17) is 4.74 Å². The monoisotopic (exact) mass is 274 g/mol. The molecule has 1 aromatic carbocycles. The molecular weight excluding hydrogens is 252 g/mol. The zero-order valence-corrected chi connectivity index (χ0v) is 12.2. The second kappa shape index (κ2) is 5.44. The molecule has 2 aliphatic rings. The maximum atomic E-state index is 12.4. The SMILES string of the molecule is CC(C)N1COC(c2cccc(N3CCCC3)c2)C1=O. The van der Waals surface area contributed by atoms with Crippen molar-refractivity contribution in [1.29, 1.82) is 0 Å². The van der Waals surface area contributed by atoms with Gasteiger partial charge in [0.05, 0.1) is 0 Å². The van der Waals surface area contributed by atoms with Crippen molar-refractivity contribution in [3.63, 3.8) is 0 Å². The zero-order chi connectivity index (χ0) is 14.1. The van der Waals surface area contributed by atoms with Crippen LogP contribution in [0.15, 0.2) is 24.3 Å². The molecule has 2 fully saturated rings. The van der Waals surface area contributed by atoms with Gasteiger partial charge in [0.2, 0.25) is 0 Å². The first-order valence-electron chi connectivity index (χ1n) is 7.44. The third-order valence-corrected chi connectivity index (χ3v) is 4.16. The quantitative estimate of drug-likeness (QED) is 0.849. The fourth-order valence-corrected chi connectivity index (χ4v) is 2.94. The molecule has 0 aromatic heterocycles. The summed E-state index contributed by atoms with van der Waals surface area (Å²) in [5, 5.41) is 0. The first-order chi connectivity index (χ1) is 9.66. The molecule has 0 spiro atoms. The molecule has 108 valence electrons. The standard InChI is InChI=1S/C16H22N2O2/c1-12(2)18-11-20-15(16(18)19)13-6-5-7-14(10-13)17-8-3-4-9-17/h5-7,10,12,15H,3-4,8-9,11H2,1-2H3. The van der Waals surface area contributed by atoms with Gasteiger partial charge in [0.25, 0.3) is 5.91 Å². The number of hydrogen-bond acceptors (Lipinski definition) is 3. The van der Waals surface area contributed by atoms with Gasteiger partial charge in [-0.2, -0.15) is 0 Å². The van der Waals surface area contributed by atoms with Crippen LogP contribution in [0.1, 0.15) is 38.4 Å². The molecule has 20 heavy (non-hydrogen) atoms. The van der Waals surface area contributed by atoms with E-state index in [1.54, 1.807) is 4.90 Å². The zero-order valence-electron chi connectivity index (χ0n) is 12.2. The van der Waals surface area contributed by atoms with E-state index < -0.39 is 6.10 Å². The van der Waals surface area contributed by atoms with Crippen molar-refractivity contribution in [3.05, 3.63) is 29.8 Å². The molecule has 0 radical (unpaired) electrons. The van der Waals surface area contributed by atoms with Crippen LogP contribution in [0, 0.1) is 0 Å². The van der Waals surface area contributed by atoms with Gasteiger partial charge >= 0.3 is 0 Å². The molecule has 4 heteroatoms. The van der Waals surface area contributed by atoms with Crippen LogP contribution in [-0.4, -0.2) is 36.7 Å². The molecule has 2 aliphatic heterocycles. The van der Waals surface area contributed by atoms with Crippen LogP contribution in [0.25, 0.3) is 0 Å². The van der Waals surface area contributed by atoms with Gasteiger partial charge in [0, 0.05) is 24.8 Å². The molecule has 1 amide bonds. The first-order valence-corrected chi connectivity index (χ1v) is 7.44. The van der Waals surface area contributed by atoms with E-state index in [9.17, 15) is 4.79 Å². The third-order valence-electron chi connectivity index (χ3n) is 4.16. The Bertz CT molecular complexity index is 495. The van der Waals surface area contributed by atoms with E-state index in [0.717, 1.165) is 18.7 Å². The van der Waals surface area contributed by atoms with Gasteiger partial charge in [0.15, 0.2) is 6.10 Å². The fourth-order valence-electron chi connectivity index (χ4n) is 2.94. The summed E-state index contributed by atoms with van der Waals surface area (Å²) < 4.78 is 5.70. The van der Waals surface area contributed by atoms with Gasteiger partial charge in [-0.05, 0) is 44.4 Å².